The normalized spacial score (nSPS) is 18.1. The van der Waals surface area contributed by atoms with E-state index < -0.39 is 0 Å². The number of carbonyl (C=O) groups excluding carboxylic acids is 2. The standard InChI is InChI=1S/C15H23N5O2/c1-11(2)9-13(21)18-19-14(22)12-5-3-8-20(10-12)15-16-6-4-7-17-15/h4,6-7,11-12H,3,5,8-10H2,1-2H3,(H,18,21)(H,19,22)/t12-/m1/s1. The fraction of sp³-hybridized carbons (Fsp3) is 0.600. The van der Waals surface area contributed by atoms with E-state index >= 15 is 0 Å². The predicted octanol–water partition coefficient (Wildman–Crippen LogP) is 0.886. The number of amides is 2. The molecule has 2 N–H and O–H groups in total. The predicted molar refractivity (Wildman–Crippen MR) is 82.7 cm³/mol. The number of nitrogens with zero attached hydrogens (tertiary/aromatic N) is 3. The van der Waals surface area contributed by atoms with Crippen LogP contribution >= 0.6 is 0 Å². The first kappa shape index (κ1) is 16.2. The first-order chi connectivity index (χ1) is 10.6. The third-order valence-electron chi connectivity index (χ3n) is 3.55. The van der Waals surface area contributed by atoms with Gasteiger partial charge in [-0.15, -0.1) is 0 Å². The van der Waals surface area contributed by atoms with Gasteiger partial charge < -0.3 is 4.90 Å². The van der Waals surface area contributed by atoms with Crippen LogP contribution in [0.1, 0.15) is 33.1 Å². The molecule has 0 unspecified atom stereocenters. The summed E-state index contributed by atoms with van der Waals surface area (Å²) < 4.78 is 0. The van der Waals surface area contributed by atoms with Crippen molar-refractivity contribution in [3.8, 4) is 0 Å². The molecule has 7 heteroatoms. The van der Waals surface area contributed by atoms with E-state index in [4.69, 9.17) is 0 Å². The van der Waals surface area contributed by atoms with Crippen LogP contribution in [0.3, 0.4) is 0 Å². The number of nitrogens with one attached hydrogen (secondary N) is 2. The van der Waals surface area contributed by atoms with Crippen molar-refractivity contribution in [3.05, 3.63) is 18.5 Å². The average Bonchev–Trinajstić information content (AvgIpc) is 2.53. The lowest BCUT2D eigenvalue weighted by Gasteiger charge is -2.31. The Morgan fingerprint density at radius 1 is 1.32 bits per heavy atom. The van der Waals surface area contributed by atoms with E-state index in [1.165, 1.54) is 0 Å². The molecule has 1 saturated heterocycles. The highest BCUT2D eigenvalue weighted by atomic mass is 16.2. The van der Waals surface area contributed by atoms with E-state index in [0.717, 1.165) is 19.4 Å². The molecule has 0 saturated carbocycles. The Hall–Kier alpha value is -2.18. The number of aromatic nitrogens is 2. The van der Waals surface area contributed by atoms with E-state index in [2.05, 4.69) is 20.8 Å². The second-order valence-corrected chi connectivity index (χ2v) is 5.97. The minimum atomic E-state index is -0.170. The third-order valence-corrected chi connectivity index (χ3v) is 3.55. The SMILES string of the molecule is CC(C)CC(=O)NNC(=O)[C@@H]1CCCN(c2ncccn2)C1. The van der Waals surface area contributed by atoms with E-state index in [1.54, 1.807) is 18.5 Å². The second kappa shape index (κ2) is 7.72. The van der Waals surface area contributed by atoms with E-state index in [1.807, 2.05) is 18.7 Å². The molecule has 0 radical (unpaired) electrons. The Kier molecular flexibility index (Phi) is 5.68. The van der Waals surface area contributed by atoms with Gasteiger partial charge in [0, 0.05) is 31.9 Å². The summed E-state index contributed by atoms with van der Waals surface area (Å²) in [5, 5.41) is 0. The fourth-order valence-corrected chi connectivity index (χ4v) is 2.48. The van der Waals surface area contributed by atoms with Crippen LogP contribution < -0.4 is 15.8 Å². The first-order valence-electron chi connectivity index (χ1n) is 7.67. The number of rotatable bonds is 4. The summed E-state index contributed by atoms with van der Waals surface area (Å²) in [6, 6.07) is 1.77. The summed E-state index contributed by atoms with van der Waals surface area (Å²) in [5.41, 5.74) is 5.00. The van der Waals surface area contributed by atoms with E-state index in [-0.39, 0.29) is 23.7 Å². The summed E-state index contributed by atoms with van der Waals surface area (Å²) in [5.74, 6) is 0.415. The molecule has 22 heavy (non-hydrogen) atoms. The maximum atomic E-state index is 12.2. The molecular weight excluding hydrogens is 282 g/mol. The van der Waals surface area contributed by atoms with Crippen molar-refractivity contribution < 1.29 is 9.59 Å². The van der Waals surface area contributed by atoms with Gasteiger partial charge in [0.15, 0.2) is 0 Å². The van der Waals surface area contributed by atoms with Crippen molar-refractivity contribution in [2.45, 2.75) is 33.1 Å². The Labute approximate surface area is 130 Å². The summed E-state index contributed by atoms with van der Waals surface area (Å²) in [7, 11) is 0. The van der Waals surface area contributed by atoms with Gasteiger partial charge in [-0.05, 0) is 24.8 Å². The van der Waals surface area contributed by atoms with Crippen LogP contribution in [0.2, 0.25) is 0 Å². The maximum absolute atomic E-state index is 12.2. The second-order valence-electron chi connectivity index (χ2n) is 5.97. The van der Waals surface area contributed by atoms with Crippen molar-refractivity contribution in [1.29, 1.82) is 0 Å². The molecule has 7 nitrogen and oxygen atoms in total. The molecular formula is C15H23N5O2. The smallest absolute Gasteiger partial charge is 0.243 e. The van der Waals surface area contributed by atoms with Crippen LogP contribution in [0.15, 0.2) is 18.5 Å². The molecule has 1 atom stereocenters. The van der Waals surface area contributed by atoms with Gasteiger partial charge in [0.05, 0.1) is 5.92 Å². The summed E-state index contributed by atoms with van der Waals surface area (Å²) in [6.07, 6.45) is 5.48. The Morgan fingerprint density at radius 2 is 2.05 bits per heavy atom. The molecule has 0 aromatic carbocycles. The molecule has 1 aliphatic rings. The van der Waals surface area contributed by atoms with Crippen molar-refractivity contribution in [1.82, 2.24) is 20.8 Å². The number of carbonyl (C=O) groups is 2. The van der Waals surface area contributed by atoms with Crippen molar-refractivity contribution in [3.63, 3.8) is 0 Å². The van der Waals surface area contributed by atoms with Crippen LogP contribution in [0.4, 0.5) is 5.95 Å². The maximum Gasteiger partial charge on any atom is 0.243 e. The average molecular weight is 305 g/mol. The zero-order valence-corrected chi connectivity index (χ0v) is 13.1. The summed E-state index contributed by atoms with van der Waals surface area (Å²) in [6.45, 7) is 5.32. The van der Waals surface area contributed by atoms with Crippen molar-refractivity contribution in [2.24, 2.45) is 11.8 Å². The van der Waals surface area contributed by atoms with Gasteiger partial charge in [-0.3, -0.25) is 20.4 Å². The molecule has 1 aliphatic heterocycles. The monoisotopic (exact) mass is 305 g/mol. The highest BCUT2D eigenvalue weighted by Gasteiger charge is 2.27. The molecule has 120 valence electrons. The lowest BCUT2D eigenvalue weighted by Crippen LogP contribution is -2.49. The topological polar surface area (TPSA) is 87.2 Å². The van der Waals surface area contributed by atoms with Gasteiger partial charge in [0.25, 0.3) is 0 Å². The number of hydrogen-bond donors (Lipinski definition) is 2. The van der Waals surface area contributed by atoms with Gasteiger partial charge in [-0.25, -0.2) is 9.97 Å². The molecule has 2 amide bonds. The zero-order valence-electron chi connectivity index (χ0n) is 13.1. The zero-order chi connectivity index (χ0) is 15.9. The minimum absolute atomic E-state index is 0.155. The van der Waals surface area contributed by atoms with Gasteiger partial charge in [0.1, 0.15) is 0 Å². The molecule has 0 bridgehead atoms. The number of anilines is 1. The fourth-order valence-electron chi connectivity index (χ4n) is 2.48. The Morgan fingerprint density at radius 3 is 2.73 bits per heavy atom. The number of hydrazine groups is 1. The highest BCUT2D eigenvalue weighted by molar-refractivity contribution is 5.83. The van der Waals surface area contributed by atoms with Crippen molar-refractivity contribution >= 4 is 17.8 Å². The summed E-state index contributed by atoms with van der Waals surface area (Å²) in [4.78, 5) is 34.2. The van der Waals surface area contributed by atoms with Crippen molar-refractivity contribution in [2.75, 3.05) is 18.0 Å². The lowest BCUT2D eigenvalue weighted by atomic mass is 9.98. The van der Waals surface area contributed by atoms with Crippen LogP contribution in [-0.2, 0) is 9.59 Å². The van der Waals surface area contributed by atoms with E-state index in [9.17, 15) is 9.59 Å². The van der Waals surface area contributed by atoms with Gasteiger partial charge >= 0.3 is 0 Å². The highest BCUT2D eigenvalue weighted by Crippen LogP contribution is 2.19. The van der Waals surface area contributed by atoms with Crippen LogP contribution in [0.25, 0.3) is 0 Å². The van der Waals surface area contributed by atoms with Gasteiger partial charge in [-0.2, -0.15) is 0 Å². The van der Waals surface area contributed by atoms with Crippen LogP contribution in [0, 0.1) is 11.8 Å². The lowest BCUT2D eigenvalue weighted by molar-refractivity contribution is -0.131. The largest absolute Gasteiger partial charge is 0.340 e. The summed E-state index contributed by atoms with van der Waals surface area (Å²) >= 11 is 0. The molecule has 0 spiro atoms. The molecule has 1 aromatic rings. The molecule has 2 heterocycles. The number of hydrogen-bond acceptors (Lipinski definition) is 5. The van der Waals surface area contributed by atoms with Crippen LogP contribution in [-0.4, -0.2) is 34.9 Å². The molecule has 1 aromatic heterocycles. The third kappa shape index (κ3) is 4.68. The van der Waals surface area contributed by atoms with Gasteiger partial charge in [-0.1, -0.05) is 13.8 Å². The Bertz CT molecular complexity index is 506. The quantitative estimate of drug-likeness (QED) is 0.807. The minimum Gasteiger partial charge on any atom is -0.340 e. The molecule has 0 aliphatic carbocycles. The number of piperidine rings is 1. The first-order valence-corrected chi connectivity index (χ1v) is 7.67. The molecule has 2 rings (SSSR count). The molecule has 1 fully saturated rings. The Balaban J connectivity index is 1.84. The van der Waals surface area contributed by atoms with Crippen LogP contribution in [0.5, 0.6) is 0 Å². The van der Waals surface area contributed by atoms with E-state index in [0.29, 0.717) is 18.9 Å². The van der Waals surface area contributed by atoms with Gasteiger partial charge in [0.2, 0.25) is 17.8 Å².